The molecule has 0 atom stereocenters. The van der Waals surface area contributed by atoms with Gasteiger partial charge in [0.25, 0.3) is 0 Å². The van der Waals surface area contributed by atoms with Gasteiger partial charge in [0.2, 0.25) is 0 Å². The average molecular weight is 208 g/mol. The van der Waals surface area contributed by atoms with Gasteiger partial charge < -0.3 is 4.74 Å². The number of ether oxygens (including phenoxy) is 1. The first-order chi connectivity index (χ1) is 7.22. The first kappa shape index (κ1) is 9.64. The van der Waals surface area contributed by atoms with Crippen molar-refractivity contribution in [3.05, 3.63) is 29.7 Å². The lowest BCUT2D eigenvalue weighted by Crippen LogP contribution is -2.05. The van der Waals surface area contributed by atoms with Crippen molar-refractivity contribution >= 4 is 16.9 Å². The van der Waals surface area contributed by atoms with Gasteiger partial charge in [-0.1, -0.05) is 0 Å². The van der Waals surface area contributed by atoms with Crippen molar-refractivity contribution in [2.75, 3.05) is 6.61 Å². The maximum absolute atomic E-state index is 12.8. The van der Waals surface area contributed by atoms with E-state index in [0.29, 0.717) is 10.9 Å². The highest BCUT2D eigenvalue weighted by Crippen LogP contribution is 2.17. The third kappa shape index (κ3) is 1.68. The number of rotatable bonds is 2. The Morgan fingerprint density at radius 1 is 1.60 bits per heavy atom. The van der Waals surface area contributed by atoms with Crippen LogP contribution >= 0.6 is 0 Å². The van der Waals surface area contributed by atoms with E-state index in [-0.39, 0.29) is 18.1 Å². The van der Waals surface area contributed by atoms with Crippen LogP contribution in [0.25, 0.3) is 10.9 Å². The van der Waals surface area contributed by atoms with Crippen molar-refractivity contribution in [1.29, 1.82) is 0 Å². The first-order valence-corrected chi connectivity index (χ1v) is 4.53. The number of hydrogen-bond acceptors (Lipinski definition) is 3. The maximum atomic E-state index is 12.8. The molecule has 2 rings (SSSR count). The van der Waals surface area contributed by atoms with Gasteiger partial charge >= 0.3 is 5.97 Å². The Hall–Kier alpha value is -1.91. The zero-order valence-electron chi connectivity index (χ0n) is 8.08. The van der Waals surface area contributed by atoms with Gasteiger partial charge in [-0.05, 0) is 25.1 Å². The zero-order valence-corrected chi connectivity index (χ0v) is 8.08. The summed E-state index contributed by atoms with van der Waals surface area (Å²) < 4.78 is 17.6. The Labute approximate surface area is 85.0 Å². The van der Waals surface area contributed by atoms with Gasteiger partial charge in [0.05, 0.1) is 12.1 Å². The SMILES string of the molecule is CCOC(=O)c1n[nH]c2cc(F)ccc12. The second-order valence-electron chi connectivity index (χ2n) is 2.98. The van der Waals surface area contributed by atoms with Gasteiger partial charge in [0, 0.05) is 5.39 Å². The summed E-state index contributed by atoms with van der Waals surface area (Å²) in [5, 5.41) is 6.93. The fourth-order valence-electron chi connectivity index (χ4n) is 1.35. The van der Waals surface area contributed by atoms with Crippen LogP contribution in [0.2, 0.25) is 0 Å². The Bertz CT molecular complexity index is 507. The lowest BCUT2D eigenvalue weighted by atomic mass is 10.2. The maximum Gasteiger partial charge on any atom is 0.359 e. The molecular formula is C10H9FN2O2. The monoisotopic (exact) mass is 208 g/mol. The van der Waals surface area contributed by atoms with E-state index in [1.54, 1.807) is 6.92 Å². The third-order valence-electron chi connectivity index (χ3n) is 1.99. The van der Waals surface area contributed by atoms with Crippen LogP contribution in [0, 0.1) is 5.82 Å². The summed E-state index contributed by atoms with van der Waals surface area (Å²) in [5.41, 5.74) is 0.671. The van der Waals surface area contributed by atoms with Crippen molar-refractivity contribution in [1.82, 2.24) is 10.2 Å². The van der Waals surface area contributed by atoms with Crippen molar-refractivity contribution in [2.24, 2.45) is 0 Å². The largest absolute Gasteiger partial charge is 0.461 e. The summed E-state index contributed by atoms with van der Waals surface area (Å²) in [6.07, 6.45) is 0. The van der Waals surface area contributed by atoms with Crippen LogP contribution in [0.5, 0.6) is 0 Å². The minimum atomic E-state index is -0.504. The minimum Gasteiger partial charge on any atom is -0.461 e. The van der Waals surface area contributed by atoms with E-state index in [9.17, 15) is 9.18 Å². The number of hydrogen-bond donors (Lipinski definition) is 1. The lowest BCUT2D eigenvalue weighted by Gasteiger charge is -1.97. The van der Waals surface area contributed by atoms with E-state index < -0.39 is 5.97 Å². The molecule has 2 aromatic rings. The summed E-state index contributed by atoms with van der Waals surface area (Å²) >= 11 is 0. The number of aromatic amines is 1. The smallest absolute Gasteiger partial charge is 0.359 e. The van der Waals surface area contributed by atoms with Crippen molar-refractivity contribution in [3.8, 4) is 0 Å². The van der Waals surface area contributed by atoms with Crippen LogP contribution in [0.4, 0.5) is 4.39 Å². The number of carbonyl (C=O) groups excluding carboxylic acids is 1. The van der Waals surface area contributed by atoms with Crippen LogP contribution in [-0.2, 0) is 4.74 Å². The summed E-state index contributed by atoms with van der Waals surface area (Å²) in [5.74, 6) is -0.878. The number of nitrogens with zero attached hydrogens (tertiary/aromatic N) is 1. The molecule has 0 unspecified atom stereocenters. The van der Waals surface area contributed by atoms with Gasteiger partial charge in [0.15, 0.2) is 5.69 Å². The van der Waals surface area contributed by atoms with Crippen molar-refractivity contribution < 1.29 is 13.9 Å². The fourth-order valence-corrected chi connectivity index (χ4v) is 1.35. The number of H-pyrrole nitrogens is 1. The van der Waals surface area contributed by atoms with Gasteiger partial charge in [-0.15, -0.1) is 0 Å². The number of nitrogens with one attached hydrogen (secondary N) is 1. The van der Waals surface area contributed by atoms with Gasteiger partial charge in [-0.25, -0.2) is 9.18 Å². The summed E-state index contributed by atoms with van der Waals surface area (Å²) in [7, 11) is 0. The normalized spacial score (nSPS) is 10.5. The summed E-state index contributed by atoms with van der Waals surface area (Å²) in [4.78, 5) is 11.4. The molecule has 1 aromatic heterocycles. The lowest BCUT2D eigenvalue weighted by molar-refractivity contribution is 0.0521. The van der Waals surface area contributed by atoms with E-state index in [4.69, 9.17) is 4.74 Å². The van der Waals surface area contributed by atoms with E-state index in [1.165, 1.54) is 18.2 Å². The van der Waals surface area contributed by atoms with E-state index >= 15 is 0 Å². The van der Waals surface area contributed by atoms with Crippen LogP contribution in [0.15, 0.2) is 18.2 Å². The second kappa shape index (κ2) is 3.68. The molecule has 4 nitrogen and oxygen atoms in total. The molecule has 0 saturated carbocycles. The average Bonchev–Trinajstić information content (AvgIpc) is 2.60. The van der Waals surface area contributed by atoms with Crippen LogP contribution in [0.3, 0.4) is 0 Å². The highest BCUT2D eigenvalue weighted by molar-refractivity contribution is 6.01. The second-order valence-corrected chi connectivity index (χ2v) is 2.98. The molecule has 0 amide bonds. The molecule has 0 fully saturated rings. The molecule has 1 aromatic carbocycles. The number of carbonyl (C=O) groups is 1. The predicted octanol–water partition coefficient (Wildman–Crippen LogP) is 1.88. The number of halogens is 1. The van der Waals surface area contributed by atoms with Gasteiger partial charge in [0.1, 0.15) is 5.82 Å². The summed E-state index contributed by atoms with van der Waals surface area (Å²) in [6, 6.07) is 4.06. The topological polar surface area (TPSA) is 55.0 Å². The molecule has 0 spiro atoms. The molecule has 78 valence electrons. The molecule has 0 bridgehead atoms. The van der Waals surface area contributed by atoms with E-state index in [2.05, 4.69) is 10.2 Å². The standard InChI is InChI=1S/C10H9FN2O2/c1-2-15-10(14)9-7-4-3-6(11)5-8(7)12-13-9/h3-5H,2H2,1H3,(H,12,13). The van der Waals surface area contributed by atoms with Gasteiger partial charge in [-0.3, -0.25) is 5.10 Å². The number of esters is 1. The Morgan fingerprint density at radius 3 is 3.13 bits per heavy atom. The van der Waals surface area contributed by atoms with Crippen LogP contribution in [0.1, 0.15) is 17.4 Å². The van der Waals surface area contributed by atoms with E-state index in [0.717, 1.165) is 0 Å². The molecule has 0 aliphatic heterocycles. The van der Waals surface area contributed by atoms with Gasteiger partial charge in [-0.2, -0.15) is 5.10 Å². The fraction of sp³-hybridized carbons (Fsp3) is 0.200. The molecule has 0 aliphatic carbocycles. The number of benzene rings is 1. The molecule has 0 radical (unpaired) electrons. The zero-order chi connectivity index (χ0) is 10.8. The molecule has 5 heteroatoms. The molecule has 1 N–H and O–H groups in total. The quantitative estimate of drug-likeness (QED) is 0.766. The van der Waals surface area contributed by atoms with E-state index in [1.807, 2.05) is 0 Å². The Balaban J connectivity index is 2.49. The Kier molecular flexibility index (Phi) is 2.37. The molecule has 15 heavy (non-hydrogen) atoms. The molecule has 0 saturated heterocycles. The highest BCUT2D eigenvalue weighted by Gasteiger charge is 2.14. The molecule has 0 aliphatic rings. The minimum absolute atomic E-state index is 0.187. The molecule has 1 heterocycles. The Morgan fingerprint density at radius 2 is 2.40 bits per heavy atom. The highest BCUT2D eigenvalue weighted by atomic mass is 19.1. The van der Waals surface area contributed by atoms with Crippen LogP contribution < -0.4 is 0 Å². The third-order valence-corrected chi connectivity index (χ3v) is 1.99. The predicted molar refractivity (Wildman–Crippen MR) is 52.0 cm³/mol. The van der Waals surface area contributed by atoms with Crippen molar-refractivity contribution in [3.63, 3.8) is 0 Å². The molecular weight excluding hydrogens is 199 g/mol. The first-order valence-electron chi connectivity index (χ1n) is 4.53. The summed E-state index contributed by atoms with van der Waals surface area (Å²) in [6.45, 7) is 2.00. The number of fused-ring (bicyclic) bond motifs is 1. The number of aromatic nitrogens is 2. The van der Waals surface area contributed by atoms with Crippen molar-refractivity contribution in [2.45, 2.75) is 6.92 Å². The van der Waals surface area contributed by atoms with Crippen LogP contribution in [-0.4, -0.2) is 22.8 Å².